The number of hydrogen-bond donors (Lipinski definition) is 1. The zero-order valence-corrected chi connectivity index (χ0v) is 12.6. The highest BCUT2D eigenvalue weighted by atomic mass is 14.9. The van der Waals surface area contributed by atoms with Crippen molar-refractivity contribution in [1.29, 1.82) is 0 Å². The fraction of sp³-hybridized carbons (Fsp3) is 0.474. The molecule has 2 aromatic rings. The number of rotatable bonds is 4. The molecule has 0 saturated heterocycles. The van der Waals surface area contributed by atoms with E-state index < -0.39 is 0 Å². The van der Waals surface area contributed by atoms with Crippen LogP contribution in [-0.4, -0.2) is 7.05 Å². The SMILES string of the molecule is CCC1CCC(C(NC)c2ccc3ccccc3c2)C1. The van der Waals surface area contributed by atoms with Crippen LogP contribution < -0.4 is 5.32 Å². The Kier molecular flexibility index (Phi) is 4.07. The first kappa shape index (κ1) is 13.6. The normalized spacial score (nSPS) is 24.1. The van der Waals surface area contributed by atoms with Crippen molar-refractivity contribution in [2.45, 2.75) is 38.6 Å². The molecular weight excluding hydrogens is 242 g/mol. The quantitative estimate of drug-likeness (QED) is 0.828. The molecule has 0 spiro atoms. The number of fused-ring (bicyclic) bond motifs is 1. The van der Waals surface area contributed by atoms with Crippen LogP contribution in [0.2, 0.25) is 0 Å². The molecule has 1 aliphatic carbocycles. The van der Waals surface area contributed by atoms with Gasteiger partial charge in [-0.05, 0) is 54.1 Å². The van der Waals surface area contributed by atoms with Crippen LogP contribution in [0.15, 0.2) is 42.5 Å². The summed E-state index contributed by atoms with van der Waals surface area (Å²) in [5.41, 5.74) is 1.45. The summed E-state index contributed by atoms with van der Waals surface area (Å²) in [4.78, 5) is 0. The van der Waals surface area contributed by atoms with Crippen LogP contribution in [0.4, 0.5) is 0 Å². The molecule has 0 radical (unpaired) electrons. The Labute approximate surface area is 122 Å². The zero-order valence-electron chi connectivity index (χ0n) is 12.6. The summed E-state index contributed by atoms with van der Waals surface area (Å²) in [7, 11) is 2.11. The Bertz CT molecular complexity index is 575. The Morgan fingerprint density at radius 2 is 1.90 bits per heavy atom. The van der Waals surface area contributed by atoms with Gasteiger partial charge in [-0.25, -0.2) is 0 Å². The largest absolute Gasteiger partial charge is 0.313 e. The molecule has 2 aromatic carbocycles. The average molecular weight is 267 g/mol. The van der Waals surface area contributed by atoms with E-state index in [0.29, 0.717) is 6.04 Å². The first-order chi connectivity index (χ1) is 9.81. The van der Waals surface area contributed by atoms with Gasteiger partial charge in [-0.1, -0.05) is 56.2 Å². The summed E-state index contributed by atoms with van der Waals surface area (Å²) in [5, 5.41) is 6.26. The van der Waals surface area contributed by atoms with Crippen molar-refractivity contribution in [3.8, 4) is 0 Å². The molecule has 1 N–H and O–H groups in total. The van der Waals surface area contributed by atoms with Gasteiger partial charge in [-0.2, -0.15) is 0 Å². The summed E-state index contributed by atoms with van der Waals surface area (Å²) in [6, 6.07) is 16.1. The molecule has 0 aromatic heterocycles. The lowest BCUT2D eigenvalue weighted by Gasteiger charge is -2.24. The summed E-state index contributed by atoms with van der Waals surface area (Å²) in [5.74, 6) is 1.74. The Morgan fingerprint density at radius 3 is 2.60 bits per heavy atom. The molecule has 3 unspecified atom stereocenters. The standard InChI is InChI=1S/C19H25N/c1-3-14-8-9-17(12-14)19(20-2)18-11-10-15-6-4-5-7-16(15)13-18/h4-7,10-11,13-14,17,19-20H,3,8-9,12H2,1-2H3. The fourth-order valence-corrected chi connectivity index (χ4v) is 3.86. The molecule has 1 heteroatoms. The van der Waals surface area contributed by atoms with Crippen LogP contribution in [0.25, 0.3) is 10.8 Å². The average Bonchev–Trinajstić information content (AvgIpc) is 2.97. The second-order valence-corrected chi connectivity index (χ2v) is 6.22. The molecule has 106 valence electrons. The third-order valence-corrected chi connectivity index (χ3v) is 5.07. The van der Waals surface area contributed by atoms with E-state index in [1.54, 1.807) is 0 Å². The van der Waals surface area contributed by atoms with E-state index >= 15 is 0 Å². The van der Waals surface area contributed by atoms with Gasteiger partial charge in [0.1, 0.15) is 0 Å². The molecule has 1 nitrogen and oxygen atoms in total. The molecular formula is C19H25N. The van der Waals surface area contributed by atoms with E-state index in [1.165, 1.54) is 42.0 Å². The zero-order chi connectivity index (χ0) is 13.9. The van der Waals surface area contributed by atoms with Gasteiger partial charge in [0.15, 0.2) is 0 Å². The van der Waals surface area contributed by atoms with Gasteiger partial charge >= 0.3 is 0 Å². The smallest absolute Gasteiger partial charge is 0.0346 e. The van der Waals surface area contributed by atoms with Crippen LogP contribution in [0.3, 0.4) is 0 Å². The molecule has 1 aliphatic rings. The van der Waals surface area contributed by atoms with Crippen LogP contribution in [0.5, 0.6) is 0 Å². The van der Waals surface area contributed by atoms with Gasteiger partial charge in [0, 0.05) is 6.04 Å². The van der Waals surface area contributed by atoms with Crippen LogP contribution in [-0.2, 0) is 0 Å². The van der Waals surface area contributed by atoms with Crippen molar-refractivity contribution in [2.24, 2.45) is 11.8 Å². The molecule has 0 amide bonds. The van der Waals surface area contributed by atoms with Crippen molar-refractivity contribution in [1.82, 2.24) is 5.32 Å². The molecule has 3 rings (SSSR count). The Balaban J connectivity index is 1.87. The molecule has 0 aliphatic heterocycles. The fourth-order valence-electron chi connectivity index (χ4n) is 3.86. The topological polar surface area (TPSA) is 12.0 Å². The van der Waals surface area contributed by atoms with Gasteiger partial charge in [0.05, 0.1) is 0 Å². The summed E-state index contributed by atoms with van der Waals surface area (Å²) < 4.78 is 0. The lowest BCUT2D eigenvalue weighted by molar-refractivity contribution is 0.373. The molecule has 1 fully saturated rings. The molecule has 3 atom stereocenters. The predicted molar refractivity (Wildman–Crippen MR) is 86.9 cm³/mol. The lowest BCUT2D eigenvalue weighted by atomic mass is 9.89. The van der Waals surface area contributed by atoms with Crippen molar-refractivity contribution < 1.29 is 0 Å². The van der Waals surface area contributed by atoms with Crippen molar-refractivity contribution in [3.05, 3.63) is 48.0 Å². The summed E-state index contributed by atoms with van der Waals surface area (Å²) in [6.07, 6.45) is 5.50. The van der Waals surface area contributed by atoms with Crippen molar-refractivity contribution in [3.63, 3.8) is 0 Å². The second-order valence-electron chi connectivity index (χ2n) is 6.22. The first-order valence-electron chi connectivity index (χ1n) is 7.97. The minimum Gasteiger partial charge on any atom is -0.313 e. The van der Waals surface area contributed by atoms with Crippen molar-refractivity contribution in [2.75, 3.05) is 7.05 Å². The third kappa shape index (κ3) is 2.60. The number of hydrogen-bond acceptors (Lipinski definition) is 1. The minimum atomic E-state index is 0.510. The first-order valence-corrected chi connectivity index (χ1v) is 7.97. The van der Waals surface area contributed by atoms with E-state index in [-0.39, 0.29) is 0 Å². The van der Waals surface area contributed by atoms with E-state index in [1.807, 2.05) is 0 Å². The maximum atomic E-state index is 3.57. The number of nitrogens with one attached hydrogen (secondary N) is 1. The van der Waals surface area contributed by atoms with Gasteiger partial charge in [-0.3, -0.25) is 0 Å². The Hall–Kier alpha value is -1.34. The summed E-state index contributed by atoms with van der Waals surface area (Å²) in [6.45, 7) is 2.33. The van der Waals surface area contributed by atoms with E-state index in [9.17, 15) is 0 Å². The van der Waals surface area contributed by atoms with Gasteiger partial charge in [-0.15, -0.1) is 0 Å². The molecule has 0 heterocycles. The van der Waals surface area contributed by atoms with Gasteiger partial charge < -0.3 is 5.32 Å². The third-order valence-electron chi connectivity index (χ3n) is 5.07. The molecule has 20 heavy (non-hydrogen) atoms. The lowest BCUT2D eigenvalue weighted by Crippen LogP contribution is -2.23. The van der Waals surface area contributed by atoms with Crippen LogP contribution in [0.1, 0.15) is 44.2 Å². The predicted octanol–water partition coefficient (Wildman–Crippen LogP) is 4.93. The molecule has 0 bridgehead atoms. The highest BCUT2D eigenvalue weighted by Gasteiger charge is 2.30. The van der Waals surface area contributed by atoms with E-state index in [4.69, 9.17) is 0 Å². The van der Waals surface area contributed by atoms with Crippen molar-refractivity contribution >= 4 is 10.8 Å². The van der Waals surface area contributed by atoms with E-state index in [0.717, 1.165) is 11.8 Å². The highest BCUT2D eigenvalue weighted by Crippen LogP contribution is 2.40. The highest BCUT2D eigenvalue weighted by molar-refractivity contribution is 5.83. The van der Waals surface area contributed by atoms with Gasteiger partial charge in [0.2, 0.25) is 0 Å². The monoisotopic (exact) mass is 267 g/mol. The molecule has 1 saturated carbocycles. The Morgan fingerprint density at radius 1 is 1.10 bits per heavy atom. The van der Waals surface area contributed by atoms with Gasteiger partial charge in [0.25, 0.3) is 0 Å². The second kappa shape index (κ2) is 5.97. The van der Waals surface area contributed by atoms with Crippen LogP contribution >= 0.6 is 0 Å². The minimum absolute atomic E-state index is 0.510. The maximum absolute atomic E-state index is 3.57. The summed E-state index contributed by atoms with van der Waals surface area (Å²) >= 11 is 0. The maximum Gasteiger partial charge on any atom is 0.0346 e. The van der Waals surface area contributed by atoms with E-state index in [2.05, 4.69) is 61.8 Å². The number of benzene rings is 2. The van der Waals surface area contributed by atoms with Crippen LogP contribution in [0, 0.1) is 11.8 Å².